The maximum atomic E-state index is 12.9. The highest BCUT2D eigenvalue weighted by atomic mass is 32.2. The SMILES string of the molecule is C=C(C)c1cc(C(C)C)c(CC(=O)NS(=O)(=O)c2ccc(CN(C)C)cc2)c(C(C)C)c1.CC(C)c1cc(C(C)C)c(CC(=O)NS(=O)(=O)c2ccc(CN(C)C)cc2)c(C(C)C)c1.CC=C(C)c1cc(C(C)C)c(CC(=O)NS(=O)(=O)c2ccc(CN(C)C)cc2)c(C(C)C)c1.CCC(C)c1cc(C(C)C)c(CC(=O)NS(=O)(=O)c2ccc(CN(C)C)cc2)c(C(C)C)c1.CO. The van der Waals surface area contributed by atoms with Crippen molar-refractivity contribution in [3.05, 3.63) is 270 Å². The van der Waals surface area contributed by atoms with E-state index in [0.29, 0.717) is 24.9 Å². The molecule has 4 amide bonds. The van der Waals surface area contributed by atoms with E-state index >= 15 is 0 Å². The second-order valence-electron chi connectivity index (χ2n) is 38.4. The zero-order valence-electron chi connectivity index (χ0n) is 85.0. The van der Waals surface area contributed by atoms with Gasteiger partial charge in [0.15, 0.2) is 0 Å². The zero-order chi connectivity index (χ0) is 100. The Morgan fingerprint density at radius 3 is 0.674 bits per heavy atom. The van der Waals surface area contributed by atoms with Gasteiger partial charge in [-0.2, -0.15) is 0 Å². The van der Waals surface area contributed by atoms with Crippen LogP contribution in [0, 0.1) is 0 Å². The molecule has 21 nitrogen and oxygen atoms in total. The monoisotopic (exact) mass is 1890 g/mol. The summed E-state index contributed by atoms with van der Waals surface area (Å²) in [6.07, 6.45) is 3.23. The molecule has 0 aliphatic rings. The molecule has 0 aliphatic heterocycles. The molecule has 0 heterocycles. The molecule has 0 aliphatic carbocycles. The normalized spacial score (nSPS) is 12.3. The number of benzene rings is 8. The molecule has 8 rings (SSSR count). The Bertz CT molecular complexity index is 5580. The van der Waals surface area contributed by atoms with Crippen LogP contribution in [0.3, 0.4) is 0 Å². The first-order valence-corrected chi connectivity index (χ1v) is 51.8. The third kappa shape index (κ3) is 34.9. The van der Waals surface area contributed by atoms with Crippen molar-refractivity contribution in [3.8, 4) is 0 Å². The van der Waals surface area contributed by atoms with Crippen molar-refractivity contribution in [1.82, 2.24) is 38.5 Å². The number of aliphatic hydroxyl groups excluding tert-OH is 1. The fourth-order valence-electron chi connectivity index (χ4n) is 15.5. The second kappa shape index (κ2) is 52.0. The van der Waals surface area contributed by atoms with Gasteiger partial charge in [0, 0.05) is 33.3 Å². The van der Waals surface area contributed by atoms with Gasteiger partial charge in [0.05, 0.1) is 45.3 Å². The summed E-state index contributed by atoms with van der Waals surface area (Å²) in [5.41, 5.74) is 23.3. The van der Waals surface area contributed by atoms with Crippen molar-refractivity contribution in [3.63, 3.8) is 0 Å². The Kier molecular flexibility index (Phi) is 45.3. The number of rotatable bonds is 37. The molecule has 1 unspecified atom stereocenters. The van der Waals surface area contributed by atoms with E-state index in [-0.39, 0.29) is 92.6 Å². The average Bonchev–Trinajstić information content (AvgIpc) is 0.798. The van der Waals surface area contributed by atoms with Crippen LogP contribution in [0.5, 0.6) is 0 Å². The molecule has 0 fully saturated rings. The first kappa shape index (κ1) is 115. The number of hydrogen-bond donors (Lipinski definition) is 5. The van der Waals surface area contributed by atoms with E-state index < -0.39 is 63.7 Å². The van der Waals surface area contributed by atoms with E-state index in [1.54, 1.807) is 84.9 Å². The molecule has 132 heavy (non-hydrogen) atoms. The lowest BCUT2D eigenvalue weighted by Gasteiger charge is -2.23. The molecule has 0 spiro atoms. The van der Waals surface area contributed by atoms with Crippen LogP contribution in [-0.2, 0) is 111 Å². The first-order valence-electron chi connectivity index (χ1n) is 45.9. The molecule has 8 aromatic rings. The number of nitrogens with one attached hydrogen (secondary N) is 4. The summed E-state index contributed by atoms with van der Waals surface area (Å²) in [5, 5.41) is 7.00. The van der Waals surface area contributed by atoms with Gasteiger partial charge < -0.3 is 24.7 Å². The fourth-order valence-corrected chi connectivity index (χ4v) is 19.5. The van der Waals surface area contributed by atoms with E-state index in [1.165, 1.54) is 28.8 Å². The van der Waals surface area contributed by atoms with Crippen LogP contribution in [0.25, 0.3) is 11.1 Å². The van der Waals surface area contributed by atoms with Crippen LogP contribution in [0.1, 0.15) is 336 Å². The summed E-state index contributed by atoms with van der Waals surface area (Å²) in [4.78, 5) is 60.0. The third-order valence-electron chi connectivity index (χ3n) is 22.8. The van der Waals surface area contributed by atoms with E-state index in [4.69, 9.17) is 5.11 Å². The van der Waals surface area contributed by atoms with Crippen molar-refractivity contribution in [2.45, 2.75) is 296 Å². The van der Waals surface area contributed by atoms with E-state index in [9.17, 15) is 52.8 Å². The molecule has 25 heteroatoms. The maximum Gasteiger partial charge on any atom is 0.264 e. The summed E-state index contributed by atoms with van der Waals surface area (Å²) in [7, 11) is 0.887. The minimum atomic E-state index is -3.94. The third-order valence-corrected chi connectivity index (χ3v) is 28.4. The van der Waals surface area contributed by atoms with Crippen molar-refractivity contribution >= 4 is 74.9 Å². The van der Waals surface area contributed by atoms with Gasteiger partial charge in [-0.05, 0) is 308 Å². The van der Waals surface area contributed by atoms with E-state index in [1.807, 2.05) is 89.8 Å². The Balaban J connectivity index is 0.000000366. The first-order chi connectivity index (χ1) is 61.3. The number of allylic oxidation sites excluding steroid dienone is 3. The van der Waals surface area contributed by atoms with Gasteiger partial charge in [-0.1, -0.05) is 254 Å². The highest BCUT2D eigenvalue weighted by molar-refractivity contribution is 7.91. The predicted molar refractivity (Wildman–Crippen MR) is 545 cm³/mol. The van der Waals surface area contributed by atoms with Gasteiger partial charge in [-0.25, -0.2) is 52.6 Å². The van der Waals surface area contributed by atoms with Crippen LogP contribution < -0.4 is 18.9 Å². The number of aliphatic hydroxyl groups is 1. The smallest absolute Gasteiger partial charge is 0.264 e. The van der Waals surface area contributed by atoms with Crippen LogP contribution in [0.4, 0.5) is 0 Å². The topological polar surface area (TPSA) is 286 Å². The van der Waals surface area contributed by atoms with Crippen molar-refractivity contribution < 1.29 is 58.0 Å². The Labute approximate surface area is 795 Å². The van der Waals surface area contributed by atoms with E-state index in [2.05, 4.69) is 225 Å². The molecule has 5 N–H and O–H groups in total. The van der Waals surface area contributed by atoms with Crippen LogP contribution in [-0.4, -0.2) is 145 Å². The van der Waals surface area contributed by atoms with Crippen molar-refractivity contribution in [1.29, 1.82) is 0 Å². The largest absolute Gasteiger partial charge is 0.400 e. The summed E-state index contributed by atoms with van der Waals surface area (Å²) < 4.78 is 112. The molecule has 0 radical (unpaired) electrons. The quantitative estimate of drug-likeness (QED) is 0.0242. The van der Waals surface area contributed by atoms with E-state index in [0.717, 1.165) is 132 Å². The van der Waals surface area contributed by atoms with Gasteiger partial charge in [0.25, 0.3) is 40.1 Å². The molecular formula is C107H156N8O13S4. The Hall–Kier alpha value is -9.28. The summed E-state index contributed by atoms with van der Waals surface area (Å²) in [6, 6.07) is 43.7. The molecule has 1 atom stereocenters. The molecule has 0 saturated heterocycles. The predicted octanol–water partition coefficient (Wildman–Crippen LogP) is 20.9. The number of amides is 4. The average molecular weight is 1890 g/mol. The van der Waals surface area contributed by atoms with Crippen LogP contribution in [0.15, 0.2) is 178 Å². The maximum absolute atomic E-state index is 12.9. The lowest BCUT2D eigenvalue weighted by atomic mass is 9.82. The van der Waals surface area contributed by atoms with Gasteiger partial charge in [0.2, 0.25) is 23.6 Å². The summed E-state index contributed by atoms with van der Waals surface area (Å²) >= 11 is 0. The van der Waals surface area contributed by atoms with Crippen molar-refractivity contribution in [2.75, 3.05) is 63.5 Å². The Morgan fingerprint density at radius 1 is 0.318 bits per heavy atom. The van der Waals surface area contributed by atoms with Crippen LogP contribution in [0.2, 0.25) is 0 Å². The number of nitrogens with zero attached hydrogens (tertiary/aromatic N) is 4. The second-order valence-corrected chi connectivity index (χ2v) is 45.2. The van der Waals surface area contributed by atoms with Gasteiger partial charge in [-0.15, -0.1) is 0 Å². The summed E-state index contributed by atoms with van der Waals surface area (Å²) in [6.45, 7) is 55.3. The molecule has 0 bridgehead atoms. The molecular weight excluding hydrogens is 1730 g/mol. The molecule has 0 saturated carbocycles. The minimum absolute atomic E-state index is 0.00937. The Morgan fingerprint density at radius 2 is 0.508 bits per heavy atom. The number of sulfonamides is 4. The van der Waals surface area contributed by atoms with Crippen molar-refractivity contribution in [2.24, 2.45) is 0 Å². The van der Waals surface area contributed by atoms with Gasteiger partial charge in [0.1, 0.15) is 0 Å². The molecule has 726 valence electrons. The minimum Gasteiger partial charge on any atom is -0.400 e. The highest BCUT2D eigenvalue weighted by Crippen LogP contribution is 2.38. The number of carbonyl (C=O) groups is 4. The highest BCUT2D eigenvalue weighted by Gasteiger charge is 2.30. The lowest BCUT2D eigenvalue weighted by Crippen LogP contribution is -2.32. The van der Waals surface area contributed by atoms with Gasteiger partial charge in [-0.3, -0.25) is 19.2 Å². The zero-order valence-corrected chi connectivity index (χ0v) is 88.3. The summed E-state index contributed by atoms with van der Waals surface area (Å²) in [5.74, 6) is 0.451. The van der Waals surface area contributed by atoms with Gasteiger partial charge >= 0.3 is 0 Å². The number of hydrogen-bond acceptors (Lipinski definition) is 17. The lowest BCUT2D eigenvalue weighted by molar-refractivity contribution is -0.119. The molecule has 8 aromatic carbocycles. The van der Waals surface area contributed by atoms with Crippen LogP contribution >= 0.6 is 0 Å². The fraction of sp³-hybridized carbons (Fsp3) is 0.477. The standard InChI is InChI=1S/C27H40N2O3S.C27H38N2O3S.C26H38N2O3S.C26H36N2O3S.CH4O/c2*1-9-20(6)22-14-24(18(2)3)26(25(15-22)19(4)5)16-27(30)28-33(31,32)23-12-10-21(11-13-23)17-29(7)8;2*1-17(2)21-13-23(18(3)4)25(24(14-21)19(5)6)15-26(29)27-32(30,31)22-11-9-20(10-12-22)16-28(7)8;1-2/h10-15,18-20H,9,16-17H2,1-8H3,(H,28,30);9-15,18-19H,16-17H2,1-8H3,(H,28,30);9-14,17-19H,15-16H2,1-8H3,(H,27,29);9-14,18-19H,1,15-16H2,2-8H3,(H,27,29);2H,1H3. The number of carbonyl (C=O) groups excluding carboxylic acids is 4. The molecule has 0 aromatic heterocycles.